The number of nitrogens with zero attached hydrogens (tertiary/aromatic N) is 1. The topological polar surface area (TPSA) is 52.8 Å². The van der Waals surface area contributed by atoms with Crippen LogP contribution in [0, 0.1) is 17.3 Å². The van der Waals surface area contributed by atoms with Gasteiger partial charge in [0.1, 0.15) is 5.75 Å². The van der Waals surface area contributed by atoms with Crippen LogP contribution in [-0.2, 0) is 6.42 Å². The van der Waals surface area contributed by atoms with Crippen LogP contribution in [0.4, 0.5) is 0 Å². The zero-order chi connectivity index (χ0) is 14.6. The minimum absolute atomic E-state index is 0.115. The molecule has 112 valence electrons. The van der Waals surface area contributed by atoms with Gasteiger partial charge in [0, 0.05) is 5.41 Å². The summed E-state index contributed by atoms with van der Waals surface area (Å²) in [6, 6.07) is 5.93. The molecule has 4 atom stereocenters. The number of fused-ring (bicyclic) bond motifs is 5. The van der Waals surface area contributed by atoms with Crippen molar-refractivity contribution in [3.63, 3.8) is 0 Å². The van der Waals surface area contributed by atoms with Crippen molar-refractivity contribution in [3.8, 4) is 5.75 Å². The van der Waals surface area contributed by atoms with Crippen LogP contribution in [0.1, 0.15) is 56.1 Å². The summed E-state index contributed by atoms with van der Waals surface area (Å²) in [4.78, 5) is 0. The minimum atomic E-state index is 0.115. The summed E-state index contributed by atoms with van der Waals surface area (Å²) in [6.07, 6.45) is 6.71. The molecule has 3 heteroatoms. The fourth-order valence-electron chi connectivity index (χ4n) is 5.52. The van der Waals surface area contributed by atoms with Gasteiger partial charge in [-0.1, -0.05) is 18.1 Å². The highest BCUT2D eigenvalue weighted by Gasteiger charge is 2.53. The molecule has 0 amide bonds. The Kier molecular flexibility index (Phi) is 2.82. The van der Waals surface area contributed by atoms with Crippen LogP contribution in [0.2, 0.25) is 0 Å². The van der Waals surface area contributed by atoms with Crippen LogP contribution in [-0.4, -0.2) is 16.0 Å². The molecule has 0 radical (unpaired) electrons. The number of rotatable bonds is 0. The maximum atomic E-state index is 9.70. The summed E-state index contributed by atoms with van der Waals surface area (Å²) in [5.74, 6) is 2.39. The van der Waals surface area contributed by atoms with Crippen molar-refractivity contribution in [3.05, 3.63) is 29.3 Å². The minimum Gasteiger partial charge on any atom is -0.508 e. The third-order valence-corrected chi connectivity index (χ3v) is 6.57. The first-order chi connectivity index (χ1) is 10.1. The molecule has 0 bridgehead atoms. The average Bonchev–Trinajstić information content (AvgIpc) is 2.83. The molecule has 0 saturated heterocycles. The summed E-state index contributed by atoms with van der Waals surface area (Å²) in [5.41, 5.74) is 3.95. The van der Waals surface area contributed by atoms with Crippen LogP contribution < -0.4 is 0 Å². The van der Waals surface area contributed by atoms with Gasteiger partial charge in [-0.15, -0.1) is 0 Å². The zero-order valence-corrected chi connectivity index (χ0v) is 12.5. The first kappa shape index (κ1) is 13.2. The van der Waals surface area contributed by atoms with E-state index in [1.165, 1.54) is 30.4 Å². The van der Waals surface area contributed by atoms with Crippen LogP contribution in [0.3, 0.4) is 0 Å². The number of oxime groups is 1. The van der Waals surface area contributed by atoms with Gasteiger partial charge in [-0.25, -0.2) is 0 Å². The van der Waals surface area contributed by atoms with E-state index in [1.54, 1.807) is 0 Å². The number of hydrogen-bond acceptors (Lipinski definition) is 3. The Morgan fingerprint density at radius 2 is 2.05 bits per heavy atom. The first-order valence-corrected chi connectivity index (χ1v) is 8.16. The summed E-state index contributed by atoms with van der Waals surface area (Å²) in [7, 11) is 0. The predicted octanol–water partition coefficient (Wildman–Crippen LogP) is 4.08. The number of aryl methyl sites for hydroxylation is 1. The summed E-state index contributed by atoms with van der Waals surface area (Å²) < 4.78 is 0. The maximum Gasteiger partial charge on any atom is 0.115 e. The molecule has 3 unspecified atom stereocenters. The Balaban J connectivity index is 1.72. The number of benzene rings is 1. The fourth-order valence-corrected chi connectivity index (χ4v) is 5.52. The number of aromatic hydroxyl groups is 1. The largest absolute Gasteiger partial charge is 0.508 e. The zero-order valence-electron chi connectivity index (χ0n) is 12.5. The highest BCUT2D eigenvalue weighted by atomic mass is 16.4. The molecule has 21 heavy (non-hydrogen) atoms. The molecule has 0 aliphatic heterocycles. The lowest BCUT2D eigenvalue weighted by atomic mass is 9.55. The maximum absolute atomic E-state index is 9.70. The average molecular weight is 285 g/mol. The molecule has 0 heterocycles. The van der Waals surface area contributed by atoms with Gasteiger partial charge >= 0.3 is 0 Å². The van der Waals surface area contributed by atoms with E-state index in [2.05, 4.69) is 18.1 Å². The SMILES string of the molecule is C[C@]12CCC3c4ccc(O)cc4CCC3C1CC/C2=N\O. The van der Waals surface area contributed by atoms with E-state index in [9.17, 15) is 10.3 Å². The molecule has 1 aromatic rings. The molecule has 0 aromatic heterocycles. The summed E-state index contributed by atoms with van der Waals surface area (Å²) in [5, 5.41) is 22.6. The van der Waals surface area contributed by atoms with Gasteiger partial charge in [0.25, 0.3) is 0 Å². The van der Waals surface area contributed by atoms with Crippen molar-refractivity contribution in [2.24, 2.45) is 22.4 Å². The van der Waals surface area contributed by atoms with Crippen LogP contribution in [0.5, 0.6) is 5.75 Å². The van der Waals surface area contributed by atoms with Crippen molar-refractivity contribution in [2.45, 2.75) is 51.4 Å². The lowest BCUT2D eigenvalue weighted by Crippen LogP contribution is -2.42. The molecule has 1 aromatic carbocycles. The molecule has 2 fully saturated rings. The smallest absolute Gasteiger partial charge is 0.115 e. The molecule has 0 spiro atoms. The van der Waals surface area contributed by atoms with E-state index in [4.69, 9.17) is 0 Å². The van der Waals surface area contributed by atoms with Gasteiger partial charge in [-0.3, -0.25) is 0 Å². The predicted molar refractivity (Wildman–Crippen MR) is 81.9 cm³/mol. The van der Waals surface area contributed by atoms with Gasteiger partial charge < -0.3 is 10.3 Å². The Morgan fingerprint density at radius 3 is 2.86 bits per heavy atom. The van der Waals surface area contributed by atoms with E-state index in [-0.39, 0.29) is 5.41 Å². The quantitative estimate of drug-likeness (QED) is 0.557. The van der Waals surface area contributed by atoms with E-state index in [0.29, 0.717) is 23.5 Å². The molecule has 2 saturated carbocycles. The molecular weight excluding hydrogens is 262 g/mol. The number of phenols is 1. The second kappa shape index (κ2) is 4.49. The van der Waals surface area contributed by atoms with Gasteiger partial charge in [-0.2, -0.15) is 0 Å². The lowest BCUT2D eigenvalue weighted by Gasteiger charge is -2.48. The molecule has 3 nitrogen and oxygen atoms in total. The fraction of sp³-hybridized carbons (Fsp3) is 0.611. The normalized spacial score (nSPS) is 39.7. The van der Waals surface area contributed by atoms with Crippen molar-refractivity contribution in [1.29, 1.82) is 0 Å². The molecule has 2 N–H and O–H groups in total. The highest BCUT2D eigenvalue weighted by molar-refractivity contribution is 5.92. The van der Waals surface area contributed by atoms with Crippen molar-refractivity contribution < 1.29 is 10.3 Å². The number of phenolic OH excluding ortho intramolecular Hbond substituents is 1. The van der Waals surface area contributed by atoms with Gasteiger partial charge in [0.05, 0.1) is 5.71 Å². The molecule has 4 rings (SSSR count). The Labute approximate surface area is 125 Å². The van der Waals surface area contributed by atoms with Crippen molar-refractivity contribution in [2.75, 3.05) is 0 Å². The lowest BCUT2D eigenvalue weighted by molar-refractivity contribution is 0.0938. The van der Waals surface area contributed by atoms with E-state index < -0.39 is 0 Å². The molecular formula is C18H23NO2. The Bertz CT molecular complexity index is 609. The van der Waals surface area contributed by atoms with Crippen LogP contribution in [0.15, 0.2) is 23.4 Å². The molecule has 3 aliphatic rings. The van der Waals surface area contributed by atoms with Gasteiger partial charge in [-0.05, 0) is 79.5 Å². The first-order valence-electron chi connectivity index (χ1n) is 8.16. The second-order valence-electron chi connectivity index (χ2n) is 7.34. The standard InChI is InChI=1S/C18H23NO2/c1-18-9-8-14-13-5-3-12(20)10-11(13)2-4-15(14)16(18)6-7-17(18)19-21/h3,5,10,14-16,20-21H,2,4,6-9H2,1H3/b19-17+/t14?,15?,16?,18-/m0/s1. The van der Waals surface area contributed by atoms with Crippen molar-refractivity contribution >= 4 is 5.71 Å². The third kappa shape index (κ3) is 1.76. The van der Waals surface area contributed by atoms with E-state index >= 15 is 0 Å². The van der Waals surface area contributed by atoms with E-state index in [1.807, 2.05) is 12.1 Å². The second-order valence-corrected chi connectivity index (χ2v) is 7.34. The van der Waals surface area contributed by atoms with Crippen molar-refractivity contribution in [1.82, 2.24) is 0 Å². The summed E-state index contributed by atoms with van der Waals surface area (Å²) >= 11 is 0. The Morgan fingerprint density at radius 1 is 1.19 bits per heavy atom. The number of hydrogen-bond donors (Lipinski definition) is 2. The Hall–Kier alpha value is -1.51. The third-order valence-electron chi connectivity index (χ3n) is 6.57. The van der Waals surface area contributed by atoms with E-state index in [0.717, 1.165) is 25.0 Å². The molecule has 3 aliphatic carbocycles. The monoisotopic (exact) mass is 285 g/mol. The van der Waals surface area contributed by atoms with Gasteiger partial charge in [0.2, 0.25) is 0 Å². The van der Waals surface area contributed by atoms with Crippen LogP contribution in [0.25, 0.3) is 0 Å². The highest BCUT2D eigenvalue weighted by Crippen LogP contribution is 2.59. The van der Waals surface area contributed by atoms with Crippen LogP contribution >= 0.6 is 0 Å². The summed E-state index contributed by atoms with van der Waals surface area (Å²) in [6.45, 7) is 2.31. The van der Waals surface area contributed by atoms with Gasteiger partial charge in [0.15, 0.2) is 0 Å².